The molecule has 0 radical (unpaired) electrons. The van der Waals surface area contributed by atoms with Gasteiger partial charge in [0.1, 0.15) is 5.75 Å². The van der Waals surface area contributed by atoms with E-state index in [2.05, 4.69) is 4.72 Å². The lowest BCUT2D eigenvalue weighted by Crippen LogP contribution is -2.32. The first-order chi connectivity index (χ1) is 14.0. The zero-order valence-corrected chi connectivity index (χ0v) is 17.4. The number of amides is 1. The summed E-state index contributed by atoms with van der Waals surface area (Å²) in [5.74, 6) is 0.209. The Hall–Kier alpha value is -2.59. The summed E-state index contributed by atoms with van der Waals surface area (Å²) in [6.07, 6.45) is -4.51. The molecule has 0 aliphatic rings. The minimum absolute atomic E-state index is 0.0523. The molecule has 2 rings (SSSR count). The number of hydrogen-bond acceptors (Lipinski definition) is 4. The van der Waals surface area contributed by atoms with Crippen molar-refractivity contribution in [1.29, 1.82) is 0 Å². The SMILES string of the molecule is CCOc1ccc(S(=O)(=O)NCCC(=O)N(C)Cc2ccc(C(F)(F)F)cc2)cc1. The van der Waals surface area contributed by atoms with Crippen molar-refractivity contribution in [3.8, 4) is 5.75 Å². The first kappa shape index (κ1) is 23.7. The standard InChI is InChI=1S/C20H23F3N2O4S/c1-3-29-17-8-10-18(11-9-17)30(27,28)24-13-12-19(26)25(2)14-15-4-6-16(7-5-15)20(21,22)23/h4-11,24H,3,12-14H2,1-2H3. The topological polar surface area (TPSA) is 75.7 Å². The van der Waals surface area contributed by atoms with Crippen molar-refractivity contribution in [3.63, 3.8) is 0 Å². The van der Waals surface area contributed by atoms with Crippen molar-refractivity contribution in [2.45, 2.75) is 31.0 Å². The molecule has 2 aromatic carbocycles. The molecular weight excluding hydrogens is 421 g/mol. The number of carbonyl (C=O) groups is 1. The van der Waals surface area contributed by atoms with E-state index in [1.54, 1.807) is 12.1 Å². The molecule has 0 spiro atoms. The summed E-state index contributed by atoms with van der Waals surface area (Å²) in [4.78, 5) is 13.6. The van der Waals surface area contributed by atoms with Crippen LogP contribution in [0.3, 0.4) is 0 Å². The molecule has 0 aromatic heterocycles. The van der Waals surface area contributed by atoms with Gasteiger partial charge in [0, 0.05) is 26.6 Å². The molecule has 0 saturated carbocycles. The Morgan fingerprint density at radius 3 is 2.20 bits per heavy atom. The second-order valence-electron chi connectivity index (χ2n) is 6.50. The fourth-order valence-electron chi connectivity index (χ4n) is 2.61. The van der Waals surface area contributed by atoms with Gasteiger partial charge in [-0.3, -0.25) is 4.79 Å². The molecule has 0 heterocycles. The van der Waals surface area contributed by atoms with Crippen LogP contribution in [-0.2, 0) is 27.5 Å². The Bertz CT molecular complexity index is 944. The van der Waals surface area contributed by atoms with Gasteiger partial charge in [0.15, 0.2) is 0 Å². The summed E-state index contributed by atoms with van der Waals surface area (Å²) >= 11 is 0. The summed E-state index contributed by atoms with van der Waals surface area (Å²) in [7, 11) is -2.27. The van der Waals surface area contributed by atoms with Crippen molar-refractivity contribution in [3.05, 3.63) is 59.7 Å². The molecule has 0 saturated heterocycles. The number of halogens is 3. The Morgan fingerprint density at radius 1 is 1.07 bits per heavy atom. The van der Waals surface area contributed by atoms with Crippen molar-refractivity contribution < 1.29 is 31.1 Å². The molecule has 164 valence electrons. The van der Waals surface area contributed by atoms with Gasteiger partial charge in [-0.05, 0) is 48.9 Å². The van der Waals surface area contributed by atoms with E-state index in [9.17, 15) is 26.4 Å². The molecule has 0 atom stereocenters. The molecule has 0 unspecified atom stereocenters. The first-order valence-corrected chi connectivity index (χ1v) is 10.6. The highest BCUT2D eigenvalue weighted by Crippen LogP contribution is 2.29. The van der Waals surface area contributed by atoms with E-state index in [4.69, 9.17) is 4.74 Å². The van der Waals surface area contributed by atoms with Gasteiger partial charge in [-0.15, -0.1) is 0 Å². The molecule has 2 aromatic rings. The molecule has 10 heteroatoms. The lowest BCUT2D eigenvalue weighted by molar-refractivity contribution is -0.137. The fraction of sp³-hybridized carbons (Fsp3) is 0.350. The number of nitrogens with zero attached hydrogens (tertiary/aromatic N) is 1. The molecule has 0 fully saturated rings. The lowest BCUT2D eigenvalue weighted by atomic mass is 10.1. The predicted octanol–water partition coefficient (Wildman–Crippen LogP) is 3.43. The zero-order valence-electron chi connectivity index (χ0n) is 16.6. The molecule has 0 bridgehead atoms. The van der Waals surface area contributed by atoms with E-state index in [0.29, 0.717) is 17.9 Å². The first-order valence-electron chi connectivity index (χ1n) is 9.15. The average molecular weight is 444 g/mol. The van der Waals surface area contributed by atoms with Crippen molar-refractivity contribution in [2.24, 2.45) is 0 Å². The smallest absolute Gasteiger partial charge is 0.416 e. The predicted molar refractivity (Wildman–Crippen MR) is 105 cm³/mol. The van der Waals surface area contributed by atoms with E-state index in [0.717, 1.165) is 12.1 Å². The summed E-state index contributed by atoms with van der Waals surface area (Å²) < 4.78 is 70.0. The van der Waals surface area contributed by atoms with Gasteiger partial charge in [-0.2, -0.15) is 13.2 Å². The van der Waals surface area contributed by atoms with Gasteiger partial charge >= 0.3 is 6.18 Å². The second-order valence-corrected chi connectivity index (χ2v) is 8.26. The fourth-order valence-corrected chi connectivity index (χ4v) is 3.64. The third-order valence-corrected chi connectivity index (χ3v) is 5.68. The number of hydrogen-bond donors (Lipinski definition) is 1. The normalized spacial score (nSPS) is 11.9. The van der Waals surface area contributed by atoms with E-state index in [1.807, 2.05) is 6.92 Å². The number of sulfonamides is 1. The van der Waals surface area contributed by atoms with Crippen LogP contribution in [-0.4, -0.2) is 39.4 Å². The highest BCUT2D eigenvalue weighted by Gasteiger charge is 2.30. The molecule has 30 heavy (non-hydrogen) atoms. The number of ether oxygens (including phenoxy) is 1. The van der Waals surface area contributed by atoms with Crippen LogP contribution in [0.4, 0.5) is 13.2 Å². The minimum Gasteiger partial charge on any atom is -0.494 e. The van der Waals surface area contributed by atoms with Crippen LogP contribution in [0.15, 0.2) is 53.4 Å². The van der Waals surface area contributed by atoms with Crippen LogP contribution in [0.2, 0.25) is 0 Å². The number of rotatable bonds is 9. The zero-order chi connectivity index (χ0) is 22.4. The van der Waals surface area contributed by atoms with Crippen LogP contribution in [0, 0.1) is 0 Å². The molecule has 0 aliphatic heterocycles. The van der Waals surface area contributed by atoms with Crippen molar-refractivity contribution in [1.82, 2.24) is 9.62 Å². The minimum atomic E-state index is -4.42. The number of carbonyl (C=O) groups excluding carboxylic acids is 1. The maximum absolute atomic E-state index is 12.6. The van der Waals surface area contributed by atoms with Crippen LogP contribution in [0.5, 0.6) is 5.75 Å². The van der Waals surface area contributed by atoms with Crippen LogP contribution in [0.25, 0.3) is 0 Å². The van der Waals surface area contributed by atoms with Gasteiger partial charge in [0.05, 0.1) is 17.1 Å². The third kappa shape index (κ3) is 6.74. The Balaban J connectivity index is 1.85. The second kappa shape index (κ2) is 9.94. The summed E-state index contributed by atoms with van der Waals surface area (Å²) in [6.45, 7) is 2.29. The van der Waals surface area contributed by atoms with Gasteiger partial charge in [-0.25, -0.2) is 13.1 Å². The third-order valence-electron chi connectivity index (χ3n) is 4.20. The van der Waals surface area contributed by atoms with E-state index in [1.165, 1.54) is 36.2 Å². The number of alkyl halides is 3. The summed E-state index contributed by atoms with van der Waals surface area (Å²) in [5, 5.41) is 0. The Morgan fingerprint density at radius 2 is 1.67 bits per heavy atom. The summed E-state index contributed by atoms with van der Waals surface area (Å²) in [6, 6.07) is 10.4. The molecule has 0 aliphatic carbocycles. The van der Waals surface area contributed by atoms with Gasteiger partial charge < -0.3 is 9.64 Å². The monoisotopic (exact) mass is 444 g/mol. The Labute approximate surface area is 173 Å². The molecule has 6 nitrogen and oxygen atoms in total. The molecular formula is C20H23F3N2O4S. The van der Waals surface area contributed by atoms with Crippen molar-refractivity contribution >= 4 is 15.9 Å². The highest BCUT2D eigenvalue weighted by atomic mass is 32.2. The van der Waals surface area contributed by atoms with Gasteiger partial charge in [0.25, 0.3) is 0 Å². The van der Waals surface area contributed by atoms with E-state index >= 15 is 0 Å². The maximum Gasteiger partial charge on any atom is 0.416 e. The maximum atomic E-state index is 12.6. The molecule has 1 N–H and O–H groups in total. The quantitative estimate of drug-likeness (QED) is 0.643. The van der Waals surface area contributed by atoms with Crippen LogP contribution >= 0.6 is 0 Å². The van der Waals surface area contributed by atoms with Gasteiger partial charge in [-0.1, -0.05) is 12.1 Å². The van der Waals surface area contributed by atoms with Gasteiger partial charge in [0.2, 0.25) is 15.9 Å². The summed E-state index contributed by atoms with van der Waals surface area (Å²) in [5.41, 5.74) is -0.224. The van der Waals surface area contributed by atoms with Crippen molar-refractivity contribution in [2.75, 3.05) is 20.2 Å². The highest BCUT2D eigenvalue weighted by molar-refractivity contribution is 7.89. The van der Waals surface area contributed by atoms with Crippen LogP contribution in [0.1, 0.15) is 24.5 Å². The largest absolute Gasteiger partial charge is 0.494 e. The van der Waals surface area contributed by atoms with Crippen LogP contribution < -0.4 is 9.46 Å². The average Bonchev–Trinajstić information content (AvgIpc) is 2.68. The Kier molecular flexibility index (Phi) is 7.85. The van der Waals surface area contributed by atoms with E-state index in [-0.39, 0.29) is 30.3 Å². The molecule has 1 amide bonds. The lowest BCUT2D eigenvalue weighted by Gasteiger charge is -2.18. The number of benzene rings is 2. The van der Waals surface area contributed by atoms with E-state index < -0.39 is 21.8 Å². The number of nitrogens with one attached hydrogen (secondary N) is 1.